The molecule has 0 aliphatic rings. The molecule has 1 aromatic carbocycles. The van der Waals surface area contributed by atoms with Gasteiger partial charge in [-0.2, -0.15) is 0 Å². The zero-order valence-electron chi connectivity index (χ0n) is 12.7. The molecular weight excluding hydrogens is 282 g/mol. The standard InChI is InChI=1S/C17H17NO4/c1-10-13-9-12(20-3)6-7-15(13)22-16(10)17(19)18-11(2)14-5-4-8-21-14/h4-9,11H,1-3H3,(H,18,19)/t11-/m1/s1. The van der Waals surface area contributed by atoms with Crippen molar-refractivity contribution in [1.82, 2.24) is 5.32 Å². The van der Waals surface area contributed by atoms with Crippen LogP contribution in [0.3, 0.4) is 0 Å². The van der Waals surface area contributed by atoms with Gasteiger partial charge in [0.1, 0.15) is 17.1 Å². The molecule has 2 aromatic heterocycles. The number of carbonyl (C=O) groups is 1. The lowest BCUT2D eigenvalue weighted by Gasteiger charge is -2.10. The van der Waals surface area contributed by atoms with Crippen LogP contribution in [0.1, 0.15) is 34.8 Å². The largest absolute Gasteiger partial charge is 0.497 e. The number of rotatable bonds is 4. The summed E-state index contributed by atoms with van der Waals surface area (Å²) in [7, 11) is 1.61. The van der Waals surface area contributed by atoms with Gasteiger partial charge in [0.2, 0.25) is 0 Å². The van der Waals surface area contributed by atoms with Crippen molar-refractivity contribution < 1.29 is 18.4 Å². The van der Waals surface area contributed by atoms with E-state index in [1.54, 1.807) is 31.6 Å². The van der Waals surface area contributed by atoms with Gasteiger partial charge in [0.15, 0.2) is 5.76 Å². The van der Waals surface area contributed by atoms with E-state index in [1.165, 1.54) is 0 Å². The van der Waals surface area contributed by atoms with E-state index in [2.05, 4.69) is 5.32 Å². The van der Waals surface area contributed by atoms with Crippen LogP contribution in [0.15, 0.2) is 45.4 Å². The van der Waals surface area contributed by atoms with E-state index in [-0.39, 0.29) is 11.9 Å². The predicted molar refractivity (Wildman–Crippen MR) is 82.1 cm³/mol. The fourth-order valence-electron chi connectivity index (χ4n) is 2.41. The van der Waals surface area contributed by atoms with Crippen molar-refractivity contribution in [1.29, 1.82) is 0 Å². The number of benzene rings is 1. The number of methoxy groups -OCH3 is 1. The highest BCUT2D eigenvalue weighted by Crippen LogP contribution is 2.29. The average molecular weight is 299 g/mol. The van der Waals surface area contributed by atoms with Gasteiger partial charge in [0.05, 0.1) is 19.4 Å². The number of aryl methyl sites for hydroxylation is 1. The molecule has 5 nitrogen and oxygen atoms in total. The van der Waals surface area contributed by atoms with Gasteiger partial charge in [-0.15, -0.1) is 0 Å². The molecular formula is C17H17NO4. The molecule has 0 saturated heterocycles. The Morgan fingerprint density at radius 2 is 2.14 bits per heavy atom. The second-order valence-electron chi connectivity index (χ2n) is 5.13. The van der Waals surface area contributed by atoms with E-state index in [4.69, 9.17) is 13.6 Å². The second kappa shape index (κ2) is 5.60. The van der Waals surface area contributed by atoms with Crippen LogP contribution in [0.25, 0.3) is 11.0 Å². The summed E-state index contributed by atoms with van der Waals surface area (Å²) in [6.45, 7) is 3.72. The third kappa shape index (κ3) is 2.45. The van der Waals surface area contributed by atoms with Crippen LogP contribution in [0, 0.1) is 6.92 Å². The van der Waals surface area contributed by atoms with Gasteiger partial charge >= 0.3 is 0 Å². The predicted octanol–water partition coefficient (Wildman–Crippen LogP) is 3.83. The van der Waals surface area contributed by atoms with Crippen LogP contribution in [-0.2, 0) is 0 Å². The van der Waals surface area contributed by atoms with Crippen molar-refractivity contribution in [2.24, 2.45) is 0 Å². The lowest BCUT2D eigenvalue weighted by molar-refractivity contribution is 0.0908. The Morgan fingerprint density at radius 3 is 2.82 bits per heavy atom. The number of carbonyl (C=O) groups excluding carboxylic acids is 1. The Kier molecular flexibility index (Phi) is 3.63. The highest BCUT2D eigenvalue weighted by molar-refractivity contribution is 5.99. The van der Waals surface area contributed by atoms with Crippen molar-refractivity contribution >= 4 is 16.9 Å². The Balaban J connectivity index is 1.89. The van der Waals surface area contributed by atoms with Crippen LogP contribution in [0.5, 0.6) is 5.75 Å². The van der Waals surface area contributed by atoms with Crippen molar-refractivity contribution in [3.63, 3.8) is 0 Å². The molecule has 0 aliphatic heterocycles. The fraction of sp³-hybridized carbons (Fsp3) is 0.235. The first kappa shape index (κ1) is 14.3. The van der Waals surface area contributed by atoms with Gasteiger partial charge in [-0.05, 0) is 44.2 Å². The molecule has 0 fully saturated rings. The maximum atomic E-state index is 12.4. The fourth-order valence-corrected chi connectivity index (χ4v) is 2.41. The van der Waals surface area contributed by atoms with Gasteiger partial charge in [0, 0.05) is 10.9 Å². The molecule has 2 heterocycles. The monoisotopic (exact) mass is 299 g/mol. The van der Waals surface area contributed by atoms with Gasteiger partial charge in [0.25, 0.3) is 5.91 Å². The SMILES string of the molecule is COc1ccc2oc(C(=O)N[C@H](C)c3ccco3)c(C)c2c1. The zero-order chi connectivity index (χ0) is 15.7. The van der Waals surface area contributed by atoms with E-state index < -0.39 is 0 Å². The lowest BCUT2D eigenvalue weighted by Crippen LogP contribution is -2.26. The van der Waals surface area contributed by atoms with Crippen molar-refractivity contribution in [3.05, 3.63) is 53.7 Å². The minimum absolute atomic E-state index is 0.232. The molecule has 3 aromatic rings. The topological polar surface area (TPSA) is 64.6 Å². The van der Waals surface area contributed by atoms with Gasteiger partial charge in [-0.1, -0.05) is 0 Å². The average Bonchev–Trinajstić information content (AvgIpc) is 3.15. The number of hydrogen-bond acceptors (Lipinski definition) is 4. The Bertz CT molecular complexity index is 802. The van der Waals surface area contributed by atoms with Crippen LogP contribution < -0.4 is 10.1 Å². The molecule has 0 unspecified atom stereocenters. The number of furan rings is 2. The molecule has 0 radical (unpaired) electrons. The molecule has 0 bridgehead atoms. The summed E-state index contributed by atoms with van der Waals surface area (Å²) in [6, 6.07) is 8.84. The van der Waals surface area contributed by atoms with E-state index >= 15 is 0 Å². The van der Waals surface area contributed by atoms with Crippen LogP contribution in [0.4, 0.5) is 0 Å². The summed E-state index contributed by atoms with van der Waals surface area (Å²) in [5.74, 6) is 1.47. The molecule has 0 saturated carbocycles. The minimum Gasteiger partial charge on any atom is -0.497 e. The van der Waals surface area contributed by atoms with Crippen molar-refractivity contribution in [3.8, 4) is 5.75 Å². The van der Waals surface area contributed by atoms with Crippen molar-refractivity contribution in [2.45, 2.75) is 19.9 Å². The smallest absolute Gasteiger partial charge is 0.287 e. The summed E-state index contributed by atoms with van der Waals surface area (Å²) < 4.78 is 16.2. The van der Waals surface area contributed by atoms with E-state index in [0.717, 1.165) is 16.7 Å². The molecule has 5 heteroatoms. The van der Waals surface area contributed by atoms with E-state index in [9.17, 15) is 4.79 Å². The summed E-state index contributed by atoms with van der Waals surface area (Å²) >= 11 is 0. The first-order valence-electron chi connectivity index (χ1n) is 7.01. The molecule has 3 rings (SSSR count). The van der Waals surface area contributed by atoms with Gasteiger partial charge in [-0.3, -0.25) is 4.79 Å². The number of ether oxygens (including phenoxy) is 1. The third-order valence-electron chi connectivity index (χ3n) is 3.67. The normalized spacial score (nSPS) is 12.3. The van der Waals surface area contributed by atoms with Gasteiger partial charge in [-0.25, -0.2) is 0 Å². The number of amides is 1. The first-order chi connectivity index (χ1) is 10.6. The number of fused-ring (bicyclic) bond motifs is 1. The van der Waals surface area contributed by atoms with E-state index in [1.807, 2.05) is 26.0 Å². The maximum Gasteiger partial charge on any atom is 0.287 e. The molecule has 0 spiro atoms. The number of nitrogens with one attached hydrogen (secondary N) is 1. The van der Waals surface area contributed by atoms with Gasteiger partial charge < -0.3 is 18.9 Å². The van der Waals surface area contributed by atoms with E-state index in [0.29, 0.717) is 17.1 Å². The van der Waals surface area contributed by atoms with Crippen molar-refractivity contribution in [2.75, 3.05) is 7.11 Å². The zero-order valence-corrected chi connectivity index (χ0v) is 12.7. The molecule has 114 valence electrons. The molecule has 1 N–H and O–H groups in total. The highest BCUT2D eigenvalue weighted by Gasteiger charge is 2.20. The summed E-state index contributed by atoms with van der Waals surface area (Å²) in [5, 5.41) is 3.74. The van der Waals surface area contributed by atoms with Crippen LogP contribution in [0.2, 0.25) is 0 Å². The third-order valence-corrected chi connectivity index (χ3v) is 3.67. The molecule has 0 aliphatic carbocycles. The second-order valence-corrected chi connectivity index (χ2v) is 5.13. The quantitative estimate of drug-likeness (QED) is 0.795. The lowest BCUT2D eigenvalue weighted by atomic mass is 10.1. The van der Waals surface area contributed by atoms with Crippen LogP contribution >= 0.6 is 0 Å². The maximum absolute atomic E-state index is 12.4. The number of hydrogen-bond donors (Lipinski definition) is 1. The summed E-state index contributed by atoms with van der Waals surface area (Å²) in [4.78, 5) is 12.4. The summed E-state index contributed by atoms with van der Waals surface area (Å²) in [5.41, 5.74) is 1.45. The molecule has 1 atom stereocenters. The Morgan fingerprint density at radius 1 is 1.32 bits per heavy atom. The van der Waals surface area contributed by atoms with Crippen LogP contribution in [-0.4, -0.2) is 13.0 Å². The Hall–Kier alpha value is -2.69. The minimum atomic E-state index is -0.267. The highest BCUT2D eigenvalue weighted by atomic mass is 16.5. The first-order valence-corrected chi connectivity index (χ1v) is 7.01. The molecule has 1 amide bonds. The molecule has 22 heavy (non-hydrogen) atoms. The summed E-state index contributed by atoms with van der Waals surface area (Å²) in [6.07, 6.45) is 1.58. The Labute approximate surface area is 127 Å².